The molecule has 0 aromatic carbocycles. The summed E-state index contributed by atoms with van der Waals surface area (Å²) in [6, 6.07) is 0. The molecule has 0 aliphatic carbocycles. The summed E-state index contributed by atoms with van der Waals surface area (Å²) < 4.78 is 0. The van der Waals surface area contributed by atoms with E-state index in [1.54, 1.807) is 12.4 Å². The smallest absolute Gasteiger partial charge is 0.173 e. The summed E-state index contributed by atoms with van der Waals surface area (Å²) in [6.45, 7) is -0.641. The van der Waals surface area contributed by atoms with E-state index in [9.17, 15) is 15.3 Å². The van der Waals surface area contributed by atoms with Crippen LogP contribution in [-0.4, -0.2) is 59.2 Å². The largest absolute Gasteiger partial charge is 0.394 e. The van der Waals surface area contributed by atoms with Crippen molar-refractivity contribution in [3.05, 3.63) is 24.3 Å². The maximum absolute atomic E-state index is 9.78. The lowest BCUT2D eigenvalue weighted by atomic mass is 10.1. The molecule has 2 heterocycles. The Morgan fingerprint density at radius 1 is 1.17 bits per heavy atom. The maximum Gasteiger partial charge on any atom is 0.173 e. The van der Waals surface area contributed by atoms with Gasteiger partial charge in [0.1, 0.15) is 18.3 Å². The van der Waals surface area contributed by atoms with Gasteiger partial charge in [0.25, 0.3) is 0 Å². The molecule has 2 aromatic rings. The van der Waals surface area contributed by atoms with Gasteiger partial charge in [0.2, 0.25) is 0 Å². The number of rotatable bonds is 5. The summed E-state index contributed by atoms with van der Waals surface area (Å²) in [6.07, 6.45) is 0.213. The lowest BCUT2D eigenvalue weighted by molar-refractivity contribution is -0.0788. The van der Waals surface area contributed by atoms with Gasteiger partial charge in [-0.2, -0.15) is 0 Å². The Bertz CT molecular complexity index is 484. The van der Waals surface area contributed by atoms with Crippen molar-refractivity contribution < 1.29 is 20.4 Å². The third-order valence-electron chi connectivity index (χ3n) is 2.54. The molecular formula is C10H14N4O4. The summed E-state index contributed by atoms with van der Waals surface area (Å²) in [4.78, 5) is 13.6. The molecule has 2 rings (SSSR count). The van der Waals surface area contributed by atoms with Crippen LogP contribution in [0, 0.1) is 0 Å². The minimum absolute atomic E-state index is 0.224. The number of aliphatic hydroxyl groups excluding tert-OH is 4. The van der Waals surface area contributed by atoms with Gasteiger partial charge in [0, 0.05) is 12.4 Å². The van der Waals surface area contributed by atoms with Crippen LogP contribution >= 0.6 is 0 Å². The quantitative estimate of drug-likeness (QED) is 0.386. The molecule has 98 valence electrons. The average molecular weight is 254 g/mol. The van der Waals surface area contributed by atoms with Crippen LogP contribution in [0.5, 0.6) is 0 Å². The Labute approximate surface area is 102 Å². The second-order valence-electron chi connectivity index (χ2n) is 3.81. The fraction of sp³-hybridized carbons (Fsp3) is 0.400. The van der Waals surface area contributed by atoms with Crippen LogP contribution in [0.3, 0.4) is 0 Å². The molecule has 0 fully saturated rings. The molecule has 6 N–H and O–H groups in total. The Morgan fingerprint density at radius 3 is 2.56 bits per heavy atom. The van der Waals surface area contributed by atoms with E-state index >= 15 is 0 Å². The zero-order valence-corrected chi connectivity index (χ0v) is 9.35. The van der Waals surface area contributed by atoms with Gasteiger partial charge in [-0.05, 0) is 0 Å². The molecule has 8 nitrogen and oxygen atoms in total. The first-order valence-electron chi connectivity index (χ1n) is 5.33. The Hall–Kier alpha value is -1.74. The van der Waals surface area contributed by atoms with Crippen LogP contribution in [0.4, 0.5) is 0 Å². The maximum atomic E-state index is 9.78. The van der Waals surface area contributed by atoms with E-state index in [2.05, 4.69) is 19.9 Å². The van der Waals surface area contributed by atoms with E-state index in [0.717, 1.165) is 0 Å². The highest BCUT2D eigenvalue weighted by Crippen LogP contribution is 2.19. The van der Waals surface area contributed by atoms with Crippen molar-refractivity contribution >= 4 is 0 Å². The van der Waals surface area contributed by atoms with E-state index in [4.69, 9.17) is 5.11 Å². The molecule has 0 radical (unpaired) electrons. The summed E-state index contributed by atoms with van der Waals surface area (Å²) in [5, 5.41) is 37.3. The van der Waals surface area contributed by atoms with Gasteiger partial charge in [-0.15, -0.1) is 0 Å². The van der Waals surface area contributed by atoms with Gasteiger partial charge in [0.05, 0.1) is 18.5 Å². The predicted molar refractivity (Wildman–Crippen MR) is 60.2 cm³/mol. The second-order valence-corrected chi connectivity index (χ2v) is 3.81. The van der Waals surface area contributed by atoms with Crippen molar-refractivity contribution in [2.45, 2.75) is 18.3 Å². The number of aromatic nitrogens is 4. The van der Waals surface area contributed by atoms with Crippen LogP contribution < -0.4 is 0 Å². The van der Waals surface area contributed by atoms with Crippen LogP contribution in [0.15, 0.2) is 18.6 Å². The van der Waals surface area contributed by atoms with Crippen molar-refractivity contribution in [2.75, 3.05) is 6.61 Å². The van der Waals surface area contributed by atoms with E-state index in [1.165, 1.54) is 6.20 Å². The summed E-state index contributed by atoms with van der Waals surface area (Å²) >= 11 is 0. The van der Waals surface area contributed by atoms with Crippen molar-refractivity contribution in [1.82, 2.24) is 19.9 Å². The molecule has 0 aliphatic heterocycles. The molecule has 0 spiro atoms. The topological polar surface area (TPSA) is 138 Å². The van der Waals surface area contributed by atoms with Gasteiger partial charge in [-0.25, -0.2) is 9.97 Å². The van der Waals surface area contributed by atoms with Crippen LogP contribution in [0.1, 0.15) is 11.8 Å². The van der Waals surface area contributed by atoms with Gasteiger partial charge in [-0.1, -0.05) is 0 Å². The number of nitrogens with zero attached hydrogens (tertiary/aromatic N) is 2. The standard InChI is InChI=1S/C10H14N4O4/c15-4-6(16)8(18)7(17)5-3-13-10(14-5)9-11-1-2-12-9/h1-3,6-8,15-18H,4H2,(H,11,12)(H,13,14). The van der Waals surface area contributed by atoms with Crippen molar-refractivity contribution in [3.63, 3.8) is 0 Å². The highest BCUT2D eigenvalue weighted by atomic mass is 16.4. The number of imidazole rings is 2. The van der Waals surface area contributed by atoms with Gasteiger partial charge in [0.15, 0.2) is 11.6 Å². The zero-order chi connectivity index (χ0) is 13.1. The van der Waals surface area contributed by atoms with E-state index in [1.807, 2.05) is 0 Å². The highest BCUT2D eigenvalue weighted by Gasteiger charge is 2.27. The molecule has 3 unspecified atom stereocenters. The molecule has 0 saturated heterocycles. The molecule has 0 bridgehead atoms. The lowest BCUT2D eigenvalue weighted by Gasteiger charge is -2.20. The fourth-order valence-corrected chi connectivity index (χ4v) is 1.50. The number of hydrogen-bond acceptors (Lipinski definition) is 6. The minimum Gasteiger partial charge on any atom is -0.394 e. The van der Waals surface area contributed by atoms with Gasteiger partial charge in [-0.3, -0.25) is 0 Å². The number of hydrogen-bond donors (Lipinski definition) is 6. The zero-order valence-electron chi connectivity index (χ0n) is 9.35. The SMILES string of the molecule is OCC(O)C(O)C(O)c1cnc(-c2ncc[nH]2)[nH]1. The molecular weight excluding hydrogens is 240 g/mol. The summed E-state index contributed by atoms with van der Waals surface area (Å²) in [5.41, 5.74) is 0.224. The summed E-state index contributed by atoms with van der Waals surface area (Å²) in [7, 11) is 0. The molecule has 2 aromatic heterocycles. The van der Waals surface area contributed by atoms with Gasteiger partial charge >= 0.3 is 0 Å². The Morgan fingerprint density at radius 2 is 1.94 bits per heavy atom. The second kappa shape index (κ2) is 5.27. The van der Waals surface area contributed by atoms with Crippen molar-refractivity contribution in [2.24, 2.45) is 0 Å². The number of aliphatic hydroxyl groups is 4. The van der Waals surface area contributed by atoms with E-state index < -0.39 is 24.9 Å². The van der Waals surface area contributed by atoms with Crippen LogP contribution in [-0.2, 0) is 0 Å². The first kappa shape index (κ1) is 12.7. The first-order chi connectivity index (χ1) is 8.63. The number of aromatic amines is 2. The average Bonchev–Trinajstić information content (AvgIpc) is 3.05. The van der Waals surface area contributed by atoms with Crippen LogP contribution in [0.25, 0.3) is 11.6 Å². The number of nitrogens with one attached hydrogen (secondary N) is 2. The van der Waals surface area contributed by atoms with Crippen molar-refractivity contribution in [3.8, 4) is 11.6 Å². The van der Waals surface area contributed by atoms with Crippen LogP contribution in [0.2, 0.25) is 0 Å². The monoisotopic (exact) mass is 254 g/mol. The molecule has 18 heavy (non-hydrogen) atoms. The Balaban J connectivity index is 2.15. The minimum atomic E-state index is -1.50. The number of H-pyrrole nitrogens is 2. The first-order valence-corrected chi connectivity index (χ1v) is 5.33. The third kappa shape index (κ3) is 2.41. The molecule has 0 aliphatic rings. The molecule has 8 heteroatoms. The third-order valence-corrected chi connectivity index (χ3v) is 2.54. The normalized spacial score (nSPS) is 16.4. The highest BCUT2D eigenvalue weighted by molar-refractivity contribution is 5.43. The Kier molecular flexibility index (Phi) is 3.72. The van der Waals surface area contributed by atoms with Crippen molar-refractivity contribution in [1.29, 1.82) is 0 Å². The van der Waals surface area contributed by atoms with E-state index in [0.29, 0.717) is 11.6 Å². The molecule has 0 amide bonds. The lowest BCUT2D eigenvalue weighted by Crippen LogP contribution is -2.34. The predicted octanol–water partition coefficient (Wildman–Crippen LogP) is -1.45. The fourth-order valence-electron chi connectivity index (χ4n) is 1.50. The molecule has 0 saturated carbocycles. The van der Waals surface area contributed by atoms with Gasteiger partial charge < -0.3 is 30.4 Å². The summed E-state index contributed by atoms with van der Waals surface area (Å²) in [5.74, 6) is 0.894. The molecule has 3 atom stereocenters. The van der Waals surface area contributed by atoms with E-state index in [-0.39, 0.29) is 5.69 Å².